The van der Waals surface area contributed by atoms with Crippen LogP contribution in [0, 0.1) is 0 Å². The van der Waals surface area contributed by atoms with Crippen molar-refractivity contribution in [1.82, 2.24) is 0 Å². The van der Waals surface area contributed by atoms with E-state index in [1.165, 1.54) is 0 Å². The minimum atomic E-state index is -0.653. The maximum atomic E-state index is 8.62. The lowest BCUT2D eigenvalue weighted by Crippen LogP contribution is -2.65. The van der Waals surface area contributed by atoms with Gasteiger partial charge in [0.1, 0.15) is 12.1 Å². The summed E-state index contributed by atoms with van der Waals surface area (Å²) >= 11 is 0. The third-order valence-electron chi connectivity index (χ3n) is 0.844. The van der Waals surface area contributed by atoms with Crippen LogP contribution in [0.1, 0.15) is 6.92 Å². The first-order valence-corrected chi connectivity index (χ1v) is 2.30. The monoisotopic (exact) mass is 106 g/mol. The van der Waals surface area contributed by atoms with Crippen LogP contribution < -0.4 is 5.73 Å². The number of aliphatic hydroxyl groups is 2. The van der Waals surface area contributed by atoms with Crippen molar-refractivity contribution in [2.75, 3.05) is 6.61 Å². The topological polar surface area (TPSA) is 68.1 Å². The fraction of sp³-hybridized carbons (Fsp3) is 1.00. The van der Waals surface area contributed by atoms with E-state index in [0.29, 0.717) is 0 Å². The van der Waals surface area contributed by atoms with Crippen molar-refractivity contribution < 1.29 is 15.9 Å². The van der Waals surface area contributed by atoms with E-state index in [-0.39, 0.29) is 12.6 Å². The van der Waals surface area contributed by atoms with Crippen LogP contribution >= 0.6 is 0 Å². The van der Waals surface area contributed by atoms with Crippen LogP contribution in [-0.2, 0) is 0 Å². The van der Waals surface area contributed by atoms with Crippen LogP contribution in [0.4, 0.5) is 0 Å². The predicted octanol–water partition coefficient (Wildman–Crippen LogP) is -2.03. The van der Waals surface area contributed by atoms with Crippen molar-refractivity contribution in [2.45, 2.75) is 19.1 Å². The lowest BCUT2D eigenvalue weighted by Gasteiger charge is -2.05. The van der Waals surface area contributed by atoms with E-state index in [4.69, 9.17) is 10.2 Å². The molecule has 0 saturated heterocycles. The van der Waals surface area contributed by atoms with Gasteiger partial charge < -0.3 is 15.9 Å². The van der Waals surface area contributed by atoms with Crippen LogP contribution in [0.15, 0.2) is 0 Å². The molecule has 5 N–H and O–H groups in total. The van der Waals surface area contributed by atoms with Gasteiger partial charge in [-0.15, -0.1) is 0 Å². The normalized spacial score (nSPS) is 18.9. The highest BCUT2D eigenvalue weighted by atomic mass is 16.3. The summed E-state index contributed by atoms with van der Waals surface area (Å²) < 4.78 is 0. The Morgan fingerprint density at radius 2 is 2.14 bits per heavy atom. The van der Waals surface area contributed by atoms with Gasteiger partial charge in [-0.3, -0.25) is 0 Å². The van der Waals surface area contributed by atoms with E-state index in [1.54, 1.807) is 6.92 Å². The molecule has 0 spiro atoms. The molecule has 3 nitrogen and oxygen atoms in total. The van der Waals surface area contributed by atoms with E-state index in [2.05, 4.69) is 5.73 Å². The third kappa shape index (κ3) is 2.56. The Labute approximate surface area is 42.8 Å². The summed E-state index contributed by atoms with van der Waals surface area (Å²) in [5.74, 6) is 0. The molecular formula is C4H12NO2+. The van der Waals surface area contributed by atoms with Gasteiger partial charge >= 0.3 is 0 Å². The van der Waals surface area contributed by atoms with Gasteiger partial charge in [-0.25, -0.2) is 0 Å². The van der Waals surface area contributed by atoms with Crippen LogP contribution in [0.2, 0.25) is 0 Å². The summed E-state index contributed by atoms with van der Waals surface area (Å²) in [6.07, 6.45) is -0.653. The van der Waals surface area contributed by atoms with Gasteiger partial charge in [-0.1, -0.05) is 0 Å². The molecule has 0 aromatic carbocycles. The summed E-state index contributed by atoms with van der Waals surface area (Å²) in [4.78, 5) is 0. The minimum absolute atomic E-state index is 0.0787. The zero-order chi connectivity index (χ0) is 5.86. The molecule has 3 heteroatoms. The van der Waals surface area contributed by atoms with Crippen molar-refractivity contribution in [3.05, 3.63) is 0 Å². The average Bonchev–Trinajstić information content (AvgIpc) is 1.65. The number of hydrogen-bond donors (Lipinski definition) is 3. The van der Waals surface area contributed by atoms with Crippen LogP contribution in [0.3, 0.4) is 0 Å². The zero-order valence-electron chi connectivity index (χ0n) is 4.46. The van der Waals surface area contributed by atoms with E-state index in [1.807, 2.05) is 0 Å². The smallest absolute Gasteiger partial charge is 0.128 e. The largest absolute Gasteiger partial charge is 0.393 e. The molecule has 0 heterocycles. The summed E-state index contributed by atoms with van der Waals surface area (Å²) in [5, 5.41) is 16.8. The highest BCUT2D eigenvalue weighted by Gasteiger charge is 2.08. The summed E-state index contributed by atoms with van der Waals surface area (Å²) in [7, 11) is 0. The van der Waals surface area contributed by atoms with Crippen LogP contribution in [0.25, 0.3) is 0 Å². The second-order valence-corrected chi connectivity index (χ2v) is 1.73. The van der Waals surface area contributed by atoms with Gasteiger partial charge in [-0.2, -0.15) is 0 Å². The highest BCUT2D eigenvalue weighted by molar-refractivity contribution is 4.55. The van der Waals surface area contributed by atoms with Gasteiger partial charge in [0, 0.05) is 0 Å². The molecule has 0 saturated carbocycles. The molecule has 7 heavy (non-hydrogen) atoms. The lowest BCUT2D eigenvalue weighted by atomic mass is 10.2. The highest BCUT2D eigenvalue weighted by Crippen LogP contribution is 1.81. The van der Waals surface area contributed by atoms with Gasteiger partial charge in [0.05, 0.1) is 6.61 Å². The fourth-order valence-electron chi connectivity index (χ4n) is 0.180. The first-order valence-electron chi connectivity index (χ1n) is 2.30. The molecule has 0 aliphatic carbocycles. The first-order chi connectivity index (χ1) is 3.18. The first kappa shape index (κ1) is 6.88. The number of rotatable bonds is 2. The molecule has 2 atom stereocenters. The Morgan fingerprint density at radius 1 is 1.71 bits per heavy atom. The molecule has 0 amide bonds. The SMILES string of the molecule is C[C@@H]([NH3+])[C@@H](O)CO. The van der Waals surface area contributed by atoms with Gasteiger partial charge in [0.2, 0.25) is 0 Å². The van der Waals surface area contributed by atoms with Crippen molar-refractivity contribution in [3.8, 4) is 0 Å². The van der Waals surface area contributed by atoms with E-state index in [0.717, 1.165) is 0 Å². The molecule has 0 radical (unpaired) electrons. The van der Waals surface area contributed by atoms with Crippen molar-refractivity contribution in [3.63, 3.8) is 0 Å². The molecule has 0 fully saturated rings. The van der Waals surface area contributed by atoms with Crippen molar-refractivity contribution in [1.29, 1.82) is 0 Å². The lowest BCUT2D eigenvalue weighted by molar-refractivity contribution is -0.432. The van der Waals surface area contributed by atoms with Gasteiger partial charge in [-0.05, 0) is 6.92 Å². The molecule has 0 aliphatic rings. The predicted molar refractivity (Wildman–Crippen MR) is 25.4 cm³/mol. The quantitative estimate of drug-likeness (QED) is 0.380. The maximum absolute atomic E-state index is 8.62. The molecule has 0 rings (SSSR count). The molecule has 0 bridgehead atoms. The molecule has 0 aromatic heterocycles. The Bertz CT molecular complexity index is 47.0. The molecule has 0 aliphatic heterocycles. The summed E-state index contributed by atoms with van der Waals surface area (Å²) in [6, 6.07) is -0.0787. The fourth-order valence-corrected chi connectivity index (χ4v) is 0.180. The molecule has 0 aromatic rings. The number of aliphatic hydroxyl groups excluding tert-OH is 2. The molecule has 0 unspecified atom stereocenters. The van der Waals surface area contributed by atoms with Gasteiger partial charge in [0.25, 0.3) is 0 Å². The van der Waals surface area contributed by atoms with Crippen LogP contribution in [-0.4, -0.2) is 29.0 Å². The second-order valence-electron chi connectivity index (χ2n) is 1.73. The number of hydrogen-bond acceptors (Lipinski definition) is 2. The van der Waals surface area contributed by atoms with Crippen molar-refractivity contribution in [2.24, 2.45) is 0 Å². The average molecular weight is 106 g/mol. The van der Waals surface area contributed by atoms with Crippen LogP contribution in [0.5, 0.6) is 0 Å². The van der Waals surface area contributed by atoms with Gasteiger partial charge in [0.15, 0.2) is 0 Å². The summed E-state index contributed by atoms with van der Waals surface area (Å²) in [5.41, 5.74) is 3.50. The standard InChI is InChI=1S/C4H11NO2/c1-3(5)4(7)2-6/h3-4,6-7H,2,5H2,1H3/p+1/t3-,4+/m1/s1. The third-order valence-corrected chi connectivity index (χ3v) is 0.844. The van der Waals surface area contributed by atoms with E-state index < -0.39 is 6.10 Å². The minimum Gasteiger partial charge on any atom is -0.393 e. The summed E-state index contributed by atoms with van der Waals surface area (Å²) in [6.45, 7) is 1.56. The number of quaternary nitrogens is 1. The van der Waals surface area contributed by atoms with Crippen molar-refractivity contribution >= 4 is 0 Å². The Balaban J connectivity index is 3.14. The Morgan fingerprint density at radius 3 is 2.14 bits per heavy atom. The molecule has 44 valence electrons. The Kier molecular flexibility index (Phi) is 2.91. The van der Waals surface area contributed by atoms with E-state index >= 15 is 0 Å². The second kappa shape index (κ2) is 2.96. The maximum Gasteiger partial charge on any atom is 0.128 e. The Hall–Kier alpha value is -0.120. The van der Waals surface area contributed by atoms with E-state index in [9.17, 15) is 0 Å². The zero-order valence-corrected chi connectivity index (χ0v) is 4.46. The molecular weight excluding hydrogens is 94.0 g/mol.